The van der Waals surface area contributed by atoms with Crippen LogP contribution in [0.3, 0.4) is 0 Å². The molecule has 0 unspecified atom stereocenters. The lowest BCUT2D eigenvalue weighted by Crippen LogP contribution is -2.44. The van der Waals surface area contributed by atoms with Gasteiger partial charge in [-0.3, -0.25) is 4.79 Å². The Morgan fingerprint density at radius 2 is 1.55 bits per heavy atom. The number of hydrogen-bond donors (Lipinski definition) is 0. The SMILES string of the molecule is C=C(C)C(=O)C(C)(C)OCCC(C)(C)C(C)(C)OCC/C=C(/C)Oc1ccc(C)cc1. The van der Waals surface area contributed by atoms with Gasteiger partial charge in [-0.05, 0) is 90.5 Å². The average Bonchev–Trinajstić information content (AvgIpc) is 2.66. The summed E-state index contributed by atoms with van der Waals surface area (Å²) in [6.07, 6.45) is 3.60. The molecule has 4 nitrogen and oxygen atoms in total. The predicted molar refractivity (Wildman–Crippen MR) is 128 cm³/mol. The van der Waals surface area contributed by atoms with Crippen LogP contribution in [0.25, 0.3) is 0 Å². The third kappa shape index (κ3) is 8.62. The molecule has 1 aromatic carbocycles. The van der Waals surface area contributed by atoms with Gasteiger partial charge in [-0.2, -0.15) is 0 Å². The molecular weight excluding hydrogens is 388 g/mol. The van der Waals surface area contributed by atoms with Crippen LogP contribution in [0.15, 0.2) is 48.3 Å². The number of aryl methyl sites for hydroxylation is 1. The minimum atomic E-state index is -0.854. The number of Topliss-reactive ketones (excluding diaryl/α,β-unsaturated/α-hetero) is 1. The summed E-state index contributed by atoms with van der Waals surface area (Å²) in [6.45, 7) is 22.7. The van der Waals surface area contributed by atoms with Gasteiger partial charge in [0.2, 0.25) is 0 Å². The van der Waals surface area contributed by atoms with Crippen molar-refractivity contribution in [1.29, 1.82) is 0 Å². The Morgan fingerprint density at radius 3 is 2.10 bits per heavy atom. The molecule has 0 heterocycles. The van der Waals surface area contributed by atoms with Crippen molar-refractivity contribution in [3.63, 3.8) is 0 Å². The van der Waals surface area contributed by atoms with E-state index in [2.05, 4.69) is 47.3 Å². The Morgan fingerprint density at radius 1 is 0.968 bits per heavy atom. The first-order valence-corrected chi connectivity index (χ1v) is 11.1. The molecule has 0 saturated heterocycles. The highest BCUT2D eigenvalue weighted by molar-refractivity contribution is 6.00. The predicted octanol–water partition coefficient (Wildman–Crippen LogP) is 6.82. The van der Waals surface area contributed by atoms with Crippen LogP contribution in [-0.2, 0) is 14.3 Å². The van der Waals surface area contributed by atoms with E-state index in [4.69, 9.17) is 14.2 Å². The quantitative estimate of drug-likeness (QED) is 0.196. The maximum atomic E-state index is 12.2. The minimum Gasteiger partial charge on any atom is -0.462 e. The third-order valence-electron chi connectivity index (χ3n) is 6.07. The normalized spacial score (nSPS) is 13.3. The Bertz CT molecular complexity index is 767. The van der Waals surface area contributed by atoms with E-state index in [-0.39, 0.29) is 16.8 Å². The number of ether oxygens (including phenoxy) is 3. The van der Waals surface area contributed by atoms with Gasteiger partial charge in [0, 0.05) is 6.61 Å². The van der Waals surface area contributed by atoms with Crippen molar-refractivity contribution in [2.75, 3.05) is 13.2 Å². The highest BCUT2D eigenvalue weighted by atomic mass is 16.5. The lowest BCUT2D eigenvalue weighted by molar-refractivity contribution is -0.141. The van der Waals surface area contributed by atoms with E-state index in [1.165, 1.54) is 5.56 Å². The van der Waals surface area contributed by atoms with Gasteiger partial charge in [0.15, 0.2) is 5.78 Å². The molecule has 174 valence electrons. The Balaban J connectivity index is 2.51. The van der Waals surface area contributed by atoms with Crippen LogP contribution in [-0.4, -0.2) is 30.2 Å². The molecule has 0 spiro atoms. The smallest absolute Gasteiger partial charge is 0.189 e. The number of rotatable bonds is 13. The fraction of sp³-hybridized carbons (Fsp3) is 0.593. The van der Waals surface area contributed by atoms with Gasteiger partial charge in [0.1, 0.15) is 11.4 Å². The van der Waals surface area contributed by atoms with E-state index in [9.17, 15) is 4.79 Å². The third-order valence-corrected chi connectivity index (χ3v) is 6.07. The zero-order valence-corrected chi connectivity index (χ0v) is 21.1. The number of hydrogen-bond acceptors (Lipinski definition) is 4. The molecular formula is C27H42O4. The molecule has 1 rings (SSSR count). The van der Waals surface area contributed by atoms with Gasteiger partial charge in [-0.25, -0.2) is 0 Å². The zero-order chi connectivity index (χ0) is 23.9. The number of carbonyl (C=O) groups excluding carboxylic acids is 1. The van der Waals surface area contributed by atoms with E-state index in [1.54, 1.807) is 20.8 Å². The van der Waals surface area contributed by atoms with Crippen molar-refractivity contribution in [1.82, 2.24) is 0 Å². The zero-order valence-electron chi connectivity index (χ0n) is 21.1. The van der Waals surface area contributed by atoms with Crippen molar-refractivity contribution in [3.05, 3.63) is 53.8 Å². The summed E-state index contributed by atoms with van der Waals surface area (Å²) in [4.78, 5) is 12.2. The molecule has 0 aliphatic carbocycles. The summed E-state index contributed by atoms with van der Waals surface area (Å²) < 4.78 is 18.0. The van der Waals surface area contributed by atoms with Gasteiger partial charge in [0.05, 0.1) is 18.0 Å². The van der Waals surface area contributed by atoms with Crippen LogP contribution in [0.1, 0.15) is 73.8 Å². The van der Waals surface area contributed by atoms with E-state index >= 15 is 0 Å². The van der Waals surface area contributed by atoms with Crippen LogP contribution < -0.4 is 4.74 Å². The summed E-state index contributed by atoms with van der Waals surface area (Å²) in [6, 6.07) is 8.02. The van der Waals surface area contributed by atoms with Gasteiger partial charge in [-0.15, -0.1) is 0 Å². The number of ketones is 1. The molecule has 0 N–H and O–H groups in total. The van der Waals surface area contributed by atoms with E-state index in [0.29, 0.717) is 18.8 Å². The van der Waals surface area contributed by atoms with E-state index < -0.39 is 5.60 Å². The molecule has 31 heavy (non-hydrogen) atoms. The number of allylic oxidation sites excluding steroid dienone is 1. The summed E-state index contributed by atoms with van der Waals surface area (Å²) in [5.41, 5.74) is 0.392. The molecule has 0 saturated carbocycles. The molecule has 0 fully saturated rings. The minimum absolute atomic E-state index is 0.0594. The maximum absolute atomic E-state index is 12.2. The molecule has 0 aliphatic heterocycles. The molecule has 0 atom stereocenters. The fourth-order valence-electron chi connectivity index (χ4n) is 3.05. The van der Waals surface area contributed by atoms with Crippen molar-refractivity contribution in [2.45, 2.75) is 86.4 Å². The first-order chi connectivity index (χ1) is 14.2. The second kappa shape index (κ2) is 11.1. The Hall–Kier alpha value is -1.91. The lowest BCUT2D eigenvalue weighted by Gasteiger charge is -2.42. The first-order valence-electron chi connectivity index (χ1n) is 11.1. The highest BCUT2D eigenvalue weighted by Crippen LogP contribution is 2.37. The standard InChI is InChI=1S/C27H42O4/c1-20(2)24(28)26(7,8)29-19-17-25(5,6)27(9,10)30-18-11-12-22(4)31-23-15-13-21(3)14-16-23/h12-16H,1,11,17-19H2,2-10H3/b22-12-. The van der Waals surface area contributed by atoms with Gasteiger partial charge >= 0.3 is 0 Å². The average molecular weight is 431 g/mol. The van der Waals surface area contributed by atoms with Crippen molar-refractivity contribution in [3.8, 4) is 5.75 Å². The summed E-state index contributed by atoms with van der Waals surface area (Å²) in [5.74, 6) is 1.65. The van der Waals surface area contributed by atoms with Crippen molar-refractivity contribution >= 4 is 5.78 Å². The summed E-state index contributed by atoms with van der Waals surface area (Å²) in [5, 5.41) is 0. The van der Waals surface area contributed by atoms with Crippen LogP contribution >= 0.6 is 0 Å². The Kier molecular flexibility index (Phi) is 9.71. The summed E-state index contributed by atoms with van der Waals surface area (Å²) >= 11 is 0. The molecule has 0 amide bonds. The molecule has 0 aliphatic rings. The van der Waals surface area contributed by atoms with Crippen LogP contribution in [0.2, 0.25) is 0 Å². The second-order valence-electron chi connectivity index (χ2n) is 9.98. The van der Waals surface area contributed by atoms with E-state index in [1.807, 2.05) is 31.2 Å². The maximum Gasteiger partial charge on any atom is 0.189 e. The summed E-state index contributed by atoms with van der Waals surface area (Å²) in [7, 11) is 0. The van der Waals surface area contributed by atoms with Crippen LogP contribution in [0.4, 0.5) is 0 Å². The molecule has 1 aromatic rings. The lowest BCUT2D eigenvalue weighted by atomic mass is 9.74. The topological polar surface area (TPSA) is 44.8 Å². The van der Waals surface area contributed by atoms with E-state index in [0.717, 1.165) is 24.4 Å². The molecule has 0 aromatic heterocycles. The van der Waals surface area contributed by atoms with Crippen molar-refractivity contribution in [2.24, 2.45) is 5.41 Å². The highest BCUT2D eigenvalue weighted by Gasteiger charge is 2.38. The molecule has 0 radical (unpaired) electrons. The fourth-order valence-corrected chi connectivity index (χ4v) is 3.05. The van der Waals surface area contributed by atoms with Crippen molar-refractivity contribution < 1.29 is 19.0 Å². The monoisotopic (exact) mass is 430 g/mol. The largest absolute Gasteiger partial charge is 0.462 e. The first kappa shape index (κ1) is 27.1. The van der Waals surface area contributed by atoms with Gasteiger partial charge < -0.3 is 14.2 Å². The van der Waals surface area contributed by atoms with Gasteiger partial charge in [0.25, 0.3) is 0 Å². The molecule has 0 bridgehead atoms. The van der Waals surface area contributed by atoms with Gasteiger partial charge in [-0.1, -0.05) is 38.1 Å². The van der Waals surface area contributed by atoms with Crippen LogP contribution in [0.5, 0.6) is 5.75 Å². The molecule has 4 heteroatoms. The number of carbonyl (C=O) groups is 1. The Labute approximate surface area is 189 Å². The van der Waals surface area contributed by atoms with Crippen LogP contribution in [0, 0.1) is 12.3 Å². The second-order valence-corrected chi connectivity index (χ2v) is 9.98. The number of benzene rings is 1.